The fourth-order valence-electron chi connectivity index (χ4n) is 2.99. The van der Waals surface area contributed by atoms with Crippen LogP contribution in [-0.4, -0.2) is 48.8 Å². The predicted octanol–water partition coefficient (Wildman–Crippen LogP) is 2.25. The highest BCUT2D eigenvalue weighted by molar-refractivity contribution is 4.82. The molecular formula is C15H32N2O. The van der Waals surface area contributed by atoms with Crippen molar-refractivity contribution >= 4 is 0 Å². The van der Waals surface area contributed by atoms with Crippen LogP contribution in [0.25, 0.3) is 0 Å². The highest BCUT2D eigenvalue weighted by Gasteiger charge is 2.24. The smallest absolute Gasteiger partial charge is 0.0610 e. The molecule has 3 unspecified atom stereocenters. The van der Waals surface area contributed by atoms with E-state index in [1.165, 1.54) is 25.7 Å². The summed E-state index contributed by atoms with van der Waals surface area (Å²) in [5.41, 5.74) is -0.110. The average molecular weight is 256 g/mol. The zero-order valence-corrected chi connectivity index (χ0v) is 12.7. The first-order valence-electron chi connectivity index (χ1n) is 7.51. The lowest BCUT2D eigenvalue weighted by atomic mass is 9.86. The van der Waals surface area contributed by atoms with Gasteiger partial charge in [-0.3, -0.25) is 0 Å². The summed E-state index contributed by atoms with van der Waals surface area (Å²) in [5, 5.41) is 12.6. The Morgan fingerprint density at radius 3 is 2.67 bits per heavy atom. The Hall–Kier alpha value is -0.120. The first-order valence-corrected chi connectivity index (χ1v) is 7.51. The molecule has 3 atom stereocenters. The zero-order valence-electron chi connectivity index (χ0n) is 12.7. The van der Waals surface area contributed by atoms with Crippen molar-refractivity contribution in [3.63, 3.8) is 0 Å². The van der Waals surface area contributed by atoms with Gasteiger partial charge >= 0.3 is 0 Å². The lowest BCUT2D eigenvalue weighted by Gasteiger charge is -2.35. The maximum atomic E-state index is 9.36. The van der Waals surface area contributed by atoms with Crippen molar-refractivity contribution in [3.05, 3.63) is 0 Å². The maximum Gasteiger partial charge on any atom is 0.0610 e. The molecule has 1 fully saturated rings. The Morgan fingerprint density at radius 1 is 1.39 bits per heavy atom. The molecule has 0 saturated heterocycles. The van der Waals surface area contributed by atoms with Gasteiger partial charge < -0.3 is 15.3 Å². The first-order chi connectivity index (χ1) is 8.50. The third-order valence-corrected chi connectivity index (χ3v) is 4.72. The van der Waals surface area contributed by atoms with Gasteiger partial charge in [-0.05, 0) is 59.2 Å². The summed E-state index contributed by atoms with van der Waals surface area (Å²) in [7, 11) is 4.20. The summed E-state index contributed by atoms with van der Waals surface area (Å²) in [6.45, 7) is 5.84. The topological polar surface area (TPSA) is 35.5 Å². The molecule has 0 aromatic carbocycles. The lowest BCUT2D eigenvalue weighted by Crippen LogP contribution is -2.44. The molecule has 0 aromatic heterocycles. The van der Waals surface area contributed by atoms with Gasteiger partial charge in [0.2, 0.25) is 0 Å². The van der Waals surface area contributed by atoms with E-state index in [2.05, 4.69) is 31.1 Å². The van der Waals surface area contributed by atoms with E-state index in [9.17, 15) is 5.11 Å². The van der Waals surface area contributed by atoms with E-state index in [1.54, 1.807) is 0 Å². The third-order valence-electron chi connectivity index (χ3n) is 4.72. The minimum Gasteiger partial charge on any atom is -0.394 e. The molecule has 2 N–H and O–H groups in total. The molecule has 0 aliphatic heterocycles. The number of hydrogen-bond donors (Lipinski definition) is 2. The van der Waals surface area contributed by atoms with Gasteiger partial charge in [0.25, 0.3) is 0 Å². The van der Waals surface area contributed by atoms with Crippen LogP contribution in [0.1, 0.15) is 52.4 Å². The van der Waals surface area contributed by atoms with Gasteiger partial charge in [-0.25, -0.2) is 0 Å². The second kappa shape index (κ2) is 7.46. The predicted molar refractivity (Wildman–Crippen MR) is 77.8 cm³/mol. The van der Waals surface area contributed by atoms with Gasteiger partial charge in [-0.15, -0.1) is 0 Å². The van der Waals surface area contributed by atoms with Crippen molar-refractivity contribution in [2.24, 2.45) is 5.92 Å². The van der Waals surface area contributed by atoms with E-state index < -0.39 is 0 Å². The Labute approximate surface area is 113 Å². The van der Waals surface area contributed by atoms with Gasteiger partial charge in [-0.2, -0.15) is 0 Å². The fourth-order valence-corrected chi connectivity index (χ4v) is 2.99. The average Bonchev–Trinajstić information content (AvgIpc) is 2.38. The summed E-state index contributed by atoms with van der Waals surface area (Å²) in [4.78, 5) is 2.53. The summed E-state index contributed by atoms with van der Waals surface area (Å²) in [6.07, 6.45) is 7.71. The SMILES string of the molecule is CNC(C)(CO)CCCN(C)C1CCCC(C)C1. The van der Waals surface area contributed by atoms with E-state index in [-0.39, 0.29) is 12.1 Å². The van der Waals surface area contributed by atoms with Crippen LogP contribution in [-0.2, 0) is 0 Å². The van der Waals surface area contributed by atoms with Crippen LogP contribution in [0.15, 0.2) is 0 Å². The molecule has 0 radical (unpaired) electrons. The number of nitrogens with one attached hydrogen (secondary N) is 1. The molecule has 1 rings (SSSR count). The summed E-state index contributed by atoms with van der Waals surface area (Å²) >= 11 is 0. The first kappa shape index (κ1) is 15.9. The van der Waals surface area contributed by atoms with Gasteiger partial charge in [0.05, 0.1) is 6.61 Å². The molecule has 1 aliphatic rings. The van der Waals surface area contributed by atoms with Crippen LogP contribution in [0.4, 0.5) is 0 Å². The Morgan fingerprint density at radius 2 is 2.11 bits per heavy atom. The van der Waals surface area contributed by atoms with Gasteiger partial charge in [0.1, 0.15) is 0 Å². The quantitative estimate of drug-likeness (QED) is 0.733. The van der Waals surface area contributed by atoms with Crippen LogP contribution in [0.2, 0.25) is 0 Å². The third kappa shape index (κ3) is 4.87. The van der Waals surface area contributed by atoms with Crippen LogP contribution < -0.4 is 5.32 Å². The summed E-state index contributed by atoms with van der Waals surface area (Å²) in [6, 6.07) is 0.781. The van der Waals surface area contributed by atoms with E-state index in [1.807, 2.05) is 7.05 Å². The Kier molecular flexibility index (Phi) is 6.61. The van der Waals surface area contributed by atoms with Gasteiger partial charge in [0, 0.05) is 11.6 Å². The molecule has 108 valence electrons. The van der Waals surface area contributed by atoms with E-state index in [4.69, 9.17) is 0 Å². The van der Waals surface area contributed by atoms with Crippen LogP contribution >= 0.6 is 0 Å². The number of hydrogen-bond acceptors (Lipinski definition) is 3. The van der Waals surface area contributed by atoms with Crippen molar-refractivity contribution in [1.82, 2.24) is 10.2 Å². The summed E-state index contributed by atoms with van der Waals surface area (Å²) in [5.74, 6) is 0.895. The number of rotatable bonds is 7. The van der Waals surface area contributed by atoms with E-state index >= 15 is 0 Å². The molecule has 0 aromatic rings. The second-order valence-electron chi connectivity index (χ2n) is 6.48. The van der Waals surface area contributed by atoms with Crippen LogP contribution in [0.3, 0.4) is 0 Å². The standard InChI is InChI=1S/C15H32N2O/c1-13-7-5-8-14(11-13)17(4)10-6-9-15(2,12-18)16-3/h13-14,16,18H,5-12H2,1-4H3. The van der Waals surface area contributed by atoms with Crippen molar-refractivity contribution < 1.29 is 5.11 Å². The molecule has 18 heavy (non-hydrogen) atoms. The van der Waals surface area contributed by atoms with Crippen LogP contribution in [0, 0.1) is 5.92 Å². The monoisotopic (exact) mass is 256 g/mol. The van der Waals surface area contributed by atoms with Crippen molar-refractivity contribution in [3.8, 4) is 0 Å². The minimum atomic E-state index is -0.110. The minimum absolute atomic E-state index is 0.110. The van der Waals surface area contributed by atoms with Crippen molar-refractivity contribution in [1.29, 1.82) is 0 Å². The number of aliphatic hydroxyl groups is 1. The van der Waals surface area contributed by atoms with Crippen LogP contribution in [0.5, 0.6) is 0 Å². The second-order valence-corrected chi connectivity index (χ2v) is 6.48. The Bertz CT molecular complexity index is 229. The molecule has 0 heterocycles. The molecule has 1 aliphatic carbocycles. The van der Waals surface area contributed by atoms with Crippen molar-refractivity contribution in [2.75, 3.05) is 27.2 Å². The molecule has 0 spiro atoms. The van der Waals surface area contributed by atoms with Gasteiger partial charge in [0.15, 0.2) is 0 Å². The number of aliphatic hydroxyl groups excluding tert-OH is 1. The fraction of sp³-hybridized carbons (Fsp3) is 1.00. The normalized spacial score (nSPS) is 28.3. The Balaban J connectivity index is 2.26. The largest absolute Gasteiger partial charge is 0.394 e. The maximum absolute atomic E-state index is 9.36. The van der Waals surface area contributed by atoms with E-state index in [0.29, 0.717) is 0 Å². The summed E-state index contributed by atoms with van der Waals surface area (Å²) < 4.78 is 0. The highest BCUT2D eigenvalue weighted by Crippen LogP contribution is 2.26. The molecular weight excluding hydrogens is 224 g/mol. The molecule has 0 amide bonds. The number of nitrogens with zero attached hydrogens (tertiary/aromatic N) is 1. The highest BCUT2D eigenvalue weighted by atomic mass is 16.3. The molecule has 3 nitrogen and oxygen atoms in total. The lowest BCUT2D eigenvalue weighted by molar-refractivity contribution is 0.141. The molecule has 0 bridgehead atoms. The van der Waals surface area contributed by atoms with Gasteiger partial charge in [-0.1, -0.05) is 19.8 Å². The zero-order chi connectivity index (χ0) is 13.6. The number of likely N-dealkylation sites (N-methyl/N-ethyl adjacent to an activating group) is 1. The molecule has 1 saturated carbocycles. The van der Waals surface area contributed by atoms with E-state index in [0.717, 1.165) is 31.3 Å². The van der Waals surface area contributed by atoms with Crippen molar-refractivity contribution in [2.45, 2.75) is 64.0 Å². The molecule has 3 heteroatoms.